The Bertz CT molecular complexity index is 709. The summed E-state index contributed by atoms with van der Waals surface area (Å²) in [6.07, 6.45) is 2.07. The van der Waals surface area contributed by atoms with Crippen LogP contribution >= 0.6 is 11.8 Å². The van der Waals surface area contributed by atoms with Gasteiger partial charge < -0.3 is 9.88 Å². The second kappa shape index (κ2) is 6.66. The third-order valence-electron chi connectivity index (χ3n) is 3.72. The first-order valence-electron chi connectivity index (χ1n) is 7.70. The van der Waals surface area contributed by atoms with Crippen molar-refractivity contribution >= 4 is 17.7 Å². The molecule has 3 heterocycles. The number of amides is 1. The van der Waals surface area contributed by atoms with Crippen molar-refractivity contribution in [2.45, 2.75) is 57.1 Å². The van der Waals surface area contributed by atoms with Gasteiger partial charge in [0.25, 0.3) is 0 Å². The Morgan fingerprint density at radius 1 is 1.35 bits per heavy atom. The number of hydrogen-bond donors (Lipinski definition) is 1. The standard InChI is InChI=1S/C15H20N6OS/c1-9-7-10(2)18-15(17-9)23-11(3)14(22)16-8-13-20-19-12-5-4-6-21(12)13/h7,11H,4-6,8H2,1-3H3,(H,16,22)/t11-/m0/s1. The van der Waals surface area contributed by atoms with Crippen LogP contribution in [0.1, 0.15) is 36.4 Å². The van der Waals surface area contributed by atoms with Crippen molar-refractivity contribution in [1.82, 2.24) is 30.0 Å². The first kappa shape index (κ1) is 15.9. The lowest BCUT2D eigenvalue weighted by Gasteiger charge is -2.11. The highest BCUT2D eigenvalue weighted by molar-refractivity contribution is 8.00. The summed E-state index contributed by atoms with van der Waals surface area (Å²) in [6, 6.07) is 1.92. The Hall–Kier alpha value is -1.96. The van der Waals surface area contributed by atoms with E-state index in [1.807, 2.05) is 26.8 Å². The molecule has 0 aromatic carbocycles. The fourth-order valence-corrected chi connectivity index (χ4v) is 3.51. The Morgan fingerprint density at radius 3 is 2.83 bits per heavy atom. The zero-order chi connectivity index (χ0) is 16.4. The molecule has 0 unspecified atom stereocenters. The lowest BCUT2D eigenvalue weighted by Crippen LogP contribution is -2.31. The Morgan fingerprint density at radius 2 is 2.09 bits per heavy atom. The maximum Gasteiger partial charge on any atom is 0.233 e. The molecule has 0 saturated heterocycles. The van der Waals surface area contributed by atoms with Crippen LogP contribution in [0, 0.1) is 13.8 Å². The van der Waals surface area contributed by atoms with Crippen LogP contribution in [-0.4, -0.2) is 35.9 Å². The summed E-state index contributed by atoms with van der Waals surface area (Å²) in [5.74, 6) is 1.79. The highest BCUT2D eigenvalue weighted by Crippen LogP contribution is 2.20. The van der Waals surface area contributed by atoms with Gasteiger partial charge in [-0.3, -0.25) is 4.79 Å². The lowest BCUT2D eigenvalue weighted by atomic mass is 10.4. The number of rotatable bonds is 5. The van der Waals surface area contributed by atoms with Crippen molar-refractivity contribution in [3.63, 3.8) is 0 Å². The first-order valence-corrected chi connectivity index (χ1v) is 8.58. The van der Waals surface area contributed by atoms with Gasteiger partial charge in [0, 0.05) is 24.4 Å². The largest absolute Gasteiger partial charge is 0.348 e. The highest BCUT2D eigenvalue weighted by Gasteiger charge is 2.20. The molecule has 2 aromatic heterocycles. The number of carbonyl (C=O) groups is 1. The molecular weight excluding hydrogens is 312 g/mol. The molecule has 7 nitrogen and oxygen atoms in total. The van der Waals surface area contributed by atoms with Gasteiger partial charge in [-0.2, -0.15) is 0 Å². The van der Waals surface area contributed by atoms with Crippen molar-refractivity contribution in [2.75, 3.05) is 0 Å². The summed E-state index contributed by atoms with van der Waals surface area (Å²) in [5, 5.41) is 11.6. The second-order valence-corrected chi connectivity index (χ2v) is 7.01. The summed E-state index contributed by atoms with van der Waals surface area (Å²) >= 11 is 1.37. The molecule has 23 heavy (non-hydrogen) atoms. The third-order valence-corrected chi connectivity index (χ3v) is 4.68. The molecule has 0 fully saturated rings. The van der Waals surface area contributed by atoms with E-state index in [0.29, 0.717) is 11.7 Å². The summed E-state index contributed by atoms with van der Waals surface area (Å²) in [4.78, 5) is 21.0. The molecule has 0 spiro atoms. The van der Waals surface area contributed by atoms with Crippen LogP contribution in [0.15, 0.2) is 11.2 Å². The van der Waals surface area contributed by atoms with Crippen LogP contribution in [0.4, 0.5) is 0 Å². The predicted octanol–water partition coefficient (Wildman–Crippen LogP) is 1.43. The Labute approximate surface area is 139 Å². The van der Waals surface area contributed by atoms with Crippen LogP contribution in [0.2, 0.25) is 0 Å². The zero-order valence-electron chi connectivity index (χ0n) is 13.5. The zero-order valence-corrected chi connectivity index (χ0v) is 14.4. The quantitative estimate of drug-likeness (QED) is 0.658. The minimum atomic E-state index is -0.267. The van der Waals surface area contributed by atoms with E-state index in [9.17, 15) is 4.79 Å². The molecule has 1 aliphatic rings. The van der Waals surface area contributed by atoms with Crippen molar-refractivity contribution in [3.8, 4) is 0 Å². The molecule has 1 aliphatic heterocycles. The summed E-state index contributed by atoms with van der Waals surface area (Å²) in [5.41, 5.74) is 1.82. The van der Waals surface area contributed by atoms with Crippen molar-refractivity contribution in [1.29, 1.82) is 0 Å². The molecule has 3 rings (SSSR count). The fourth-order valence-electron chi connectivity index (χ4n) is 2.61. The van der Waals surface area contributed by atoms with Gasteiger partial charge in [-0.25, -0.2) is 9.97 Å². The van der Waals surface area contributed by atoms with Gasteiger partial charge in [-0.1, -0.05) is 11.8 Å². The van der Waals surface area contributed by atoms with Gasteiger partial charge in [-0.05, 0) is 33.3 Å². The van der Waals surface area contributed by atoms with Gasteiger partial charge in [0.1, 0.15) is 5.82 Å². The van der Waals surface area contributed by atoms with Gasteiger partial charge in [0.15, 0.2) is 11.0 Å². The van der Waals surface area contributed by atoms with E-state index in [4.69, 9.17) is 0 Å². The van der Waals surface area contributed by atoms with Gasteiger partial charge in [0.2, 0.25) is 5.91 Å². The number of hydrogen-bond acceptors (Lipinski definition) is 6. The van der Waals surface area contributed by atoms with E-state index < -0.39 is 0 Å². The van der Waals surface area contributed by atoms with E-state index in [1.165, 1.54) is 11.8 Å². The number of carbonyl (C=O) groups excluding carboxylic acids is 1. The van der Waals surface area contributed by atoms with Crippen molar-refractivity contribution < 1.29 is 4.79 Å². The van der Waals surface area contributed by atoms with E-state index in [-0.39, 0.29) is 11.2 Å². The molecule has 1 atom stereocenters. The van der Waals surface area contributed by atoms with Gasteiger partial charge >= 0.3 is 0 Å². The van der Waals surface area contributed by atoms with Crippen LogP contribution in [0.25, 0.3) is 0 Å². The van der Waals surface area contributed by atoms with Crippen LogP contribution in [0.3, 0.4) is 0 Å². The molecule has 122 valence electrons. The molecule has 1 N–H and O–H groups in total. The number of aromatic nitrogens is 5. The minimum absolute atomic E-state index is 0.0480. The van der Waals surface area contributed by atoms with Crippen molar-refractivity contribution in [3.05, 3.63) is 29.1 Å². The van der Waals surface area contributed by atoms with Gasteiger partial charge in [0.05, 0.1) is 11.8 Å². The van der Waals surface area contributed by atoms with Crippen LogP contribution < -0.4 is 5.32 Å². The summed E-state index contributed by atoms with van der Waals surface area (Å²) in [6.45, 7) is 7.05. The number of fused-ring (bicyclic) bond motifs is 1. The number of thioether (sulfide) groups is 1. The molecule has 1 amide bonds. The monoisotopic (exact) mass is 332 g/mol. The average molecular weight is 332 g/mol. The molecule has 0 aliphatic carbocycles. The maximum absolute atomic E-state index is 12.3. The first-order chi connectivity index (χ1) is 11.0. The summed E-state index contributed by atoms with van der Waals surface area (Å²) < 4.78 is 2.09. The second-order valence-electron chi connectivity index (χ2n) is 5.70. The maximum atomic E-state index is 12.3. The Kier molecular flexibility index (Phi) is 4.61. The highest BCUT2D eigenvalue weighted by atomic mass is 32.2. The molecule has 8 heteroatoms. The molecule has 0 saturated carbocycles. The Balaban J connectivity index is 1.57. The molecule has 0 bridgehead atoms. The molecular formula is C15H20N6OS. The lowest BCUT2D eigenvalue weighted by molar-refractivity contribution is -0.120. The molecule has 0 radical (unpaired) electrons. The van der Waals surface area contributed by atoms with Crippen LogP contribution in [0.5, 0.6) is 0 Å². The predicted molar refractivity (Wildman–Crippen MR) is 87.0 cm³/mol. The number of nitrogens with one attached hydrogen (secondary N) is 1. The minimum Gasteiger partial charge on any atom is -0.348 e. The van der Waals surface area contributed by atoms with Crippen LogP contribution in [-0.2, 0) is 24.3 Å². The van der Waals surface area contributed by atoms with Gasteiger partial charge in [-0.15, -0.1) is 10.2 Å². The third kappa shape index (κ3) is 3.69. The topological polar surface area (TPSA) is 85.6 Å². The number of nitrogens with zero attached hydrogens (tertiary/aromatic N) is 5. The number of aryl methyl sites for hydroxylation is 3. The van der Waals surface area contributed by atoms with E-state index in [1.54, 1.807) is 0 Å². The average Bonchev–Trinajstić information content (AvgIpc) is 3.07. The fraction of sp³-hybridized carbons (Fsp3) is 0.533. The van der Waals surface area contributed by atoms with Crippen molar-refractivity contribution in [2.24, 2.45) is 0 Å². The van der Waals surface area contributed by atoms with E-state index in [0.717, 1.165) is 42.4 Å². The van der Waals surface area contributed by atoms with E-state index >= 15 is 0 Å². The SMILES string of the molecule is Cc1cc(C)nc(S[C@@H](C)C(=O)NCc2nnc3n2CCC3)n1. The normalized spacial score (nSPS) is 14.6. The smallest absolute Gasteiger partial charge is 0.233 e. The molecule has 2 aromatic rings. The summed E-state index contributed by atoms with van der Waals surface area (Å²) in [7, 11) is 0. The van der Waals surface area contributed by atoms with E-state index in [2.05, 4.69) is 30.0 Å².